The molecule has 0 aromatic heterocycles. The van der Waals surface area contributed by atoms with Crippen molar-refractivity contribution in [1.29, 1.82) is 5.26 Å². The quantitative estimate of drug-likeness (QED) is 0.786. The number of aryl methyl sites for hydroxylation is 2. The van der Waals surface area contributed by atoms with Gasteiger partial charge in [0.1, 0.15) is 0 Å². The Morgan fingerprint density at radius 1 is 1.08 bits per heavy atom. The van der Waals surface area contributed by atoms with Crippen LogP contribution in [-0.4, -0.2) is 50.3 Å². The maximum absolute atomic E-state index is 13.1. The second kappa shape index (κ2) is 6.83. The van der Waals surface area contributed by atoms with Crippen LogP contribution in [-0.2, 0) is 15.4 Å². The molecule has 5 nitrogen and oxygen atoms in total. The lowest BCUT2D eigenvalue weighted by Crippen LogP contribution is -2.48. The SMILES string of the molecule is Cc1cc(C(C)(C)C)cc(C)c1S(=O)(=O)N1CCN(CC#N)CC1. The summed E-state index contributed by atoms with van der Waals surface area (Å²) in [6.45, 7) is 12.6. The summed E-state index contributed by atoms with van der Waals surface area (Å²) in [5.74, 6) is 0. The summed E-state index contributed by atoms with van der Waals surface area (Å²) < 4.78 is 27.7. The number of hydrogen-bond acceptors (Lipinski definition) is 4. The molecule has 1 aromatic carbocycles. The number of nitrogens with zero attached hydrogens (tertiary/aromatic N) is 3. The van der Waals surface area contributed by atoms with E-state index in [1.165, 1.54) is 0 Å². The summed E-state index contributed by atoms with van der Waals surface area (Å²) in [7, 11) is -3.50. The van der Waals surface area contributed by atoms with E-state index in [1.807, 2.05) is 30.9 Å². The molecule has 1 aromatic rings. The number of piperazine rings is 1. The Labute approximate surface area is 145 Å². The van der Waals surface area contributed by atoms with Crippen molar-refractivity contribution in [2.75, 3.05) is 32.7 Å². The topological polar surface area (TPSA) is 64.4 Å². The standard InChI is InChI=1S/C18H27N3O2S/c1-14-12-16(18(3,4)5)13-15(2)17(14)24(22,23)21-10-8-20(7-6-19)9-11-21/h12-13H,7-11H2,1-5H3. The first kappa shape index (κ1) is 18.9. The van der Waals surface area contributed by atoms with Crippen LogP contribution in [0.5, 0.6) is 0 Å². The molecule has 1 aliphatic heterocycles. The molecule has 1 saturated heterocycles. The highest BCUT2D eigenvalue weighted by molar-refractivity contribution is 7.89. The molecule has 0 saturated carbocycles. The first-order valence-electron chi connectivity index (χ1n) is 8.28. The molecule has 0 spiro atoms. The number of sulfonamides is 1. The Kier molecular flexibility index (Phi) is 5.38. The predicted molar refractivity (Wildman–Crippen MR) is 95.4 cm³/mol. The molecule has 0 radical (unpaired) electrons. The molecule has 0 N–H and O–H groups in total. The maximum atomic E-state index is 13.1. The molecule has 0 bridgehead atoms. The van der Waals surface area contributed by atoms with Crippen molar-refractivity contribution in [2.45, 2.75) is 44.9 Å². The molecule has 6 heteroatoms. The molecule has 0 unspecified atom stereocenters. The Hall–Kier alpha value is -1.42. The van der Waals surface area contributed by atoms with Crippen LogP contribution in [0.3, 0.4) is 0 Å². The summed E-state index contributed by atoms with van der Waals surface area (Å²) in [5.41, 5.74) is 2.75. The Balaban J connectivity index is 2.33. The zero-order valence-corrected chi connectivity index (χ0v) is 16.1. The van der Waals surface area contributed by atoms with Crippen molar-refractivity contribution < 1.29 is 8.42 Å². The van der Waals surface area contributed by atoms with Crippen LogP contribution < -0.4 is 0 Å². The van der Waals surface area contributed by atoms with E-state index in [4.69, 9.17) is 5.26 Å². The summed E-state index contributed by atoms with van der Waals surface area (Å²) in [5, 5.41) is 8.76. The number of benzene rings is 1. The molecule has 24 heavy (non-hydrogen) atoms. The smallest absolute Gasteiger partial charge is 0.243 e. The van der Waals surface area contributed by atoms with Crippen molar-refractivity contribution in [3.05, 3.63) is 28.8 Å². The van der Waals surface area contributed by atoms with E-state index in [2.05, 4.69) is 26.8 Å². The molecule has 1 aliphatic rings. The van der Waals surface area contributed by atoms with Gasteiger partial charge in [-0.2, -0.15) is 9.57 Å². The van der Waals surface area contributed by atoms with Crippen LogP contribution >= 0.6 is 0 Å². The van der Waals surface area contributed by atoms with Crippen LogP contribution in [0, 0.1) is 25.2 Å². The van der Waals surface area contributed by atoms with Gasteiger partial charge in [-0.05, 0) is 36.0 Å². The van der Waals surface area contributed by atoms with Gasteiger partial charge in [0.05, 0.1) is 17.5 Å². The Morgan fingerprint density at radius 3 is 2.00 bits per heavy atom. The minimum Gasteiger partial charge on any atom is -0.288 e. The van der Waals surface area contributed by atoms with Crippen molar-refractivity contribution in [1.82, 2.24) is 9.21 Å². The zero-order valence-electron chi connectivity index (χ0n) is 15.3. The fourth-order valence-electron chi connectivity index (χ4n) is 3.15. The first-order chi connectivity index (χ1) is 11.1. The molecular formula is C18H27N3O2S. The highest BCUT2D eigenvalue weighted by atomic mass is 32.2. The summed E-state index contributed by atoms with van der Waals surface area (Å²) >= 11 is 0. The summed E-state index contributed by atoms with van der Waals surface area (Å²) in [6.07, 6.45) is 0. The maximum Gasteiger partial charge on any atom is 0.243 e. The van der Waals surface area contributed by atoms with E-state index in [0.717, 1.165) is 16.7 Å². The molecule has 132 valence electrons. The lowest BCUT2D eigenvalue weighted by atomic mass is 9.85. The lowest BCUT2D eigenvalue weighted by Gasteiger charge is -2.33. The number of rotatable bonds is 3. The normalized spacial score (nSPS) is 17.7. The van der Waals surface area contributed by atoms with Gasteiger partial charge in [0.15, 0.2) is 0 Å². The molecular weight excluding hydrogens is 322 g/mol. The van der Waals surface area contributed by atoms with Crippen molar-refractivity contribution in [2.24, 2.45) is 0 Å². The molecule has 0 amide bonds. The minimum atomic E-state index is -3.50. The average Bonchev–Trinajstić information content (AvgIpc) is 2.46. The van der Waals surface area contributed by atoms with Gasteiger partial charge >= 0.3 is 0 Å². The largest absolute Gasteiger partial charge is 0.288 e. The van der Waals surface area contributed by atoms with Gasteiger partial charge < -0.3 is 0 Å². The zero-order chi connectivity index (χ0) is 18.1. The van der Waals surface area contributed by atoms with Crippen molar-refractivity contribution in [3.8, 4) is 6.07 Å². The van der Waals surface area contributed by atoms with Crippen LogP contribution in [0.4, 0.5) is 0 Å². The highest BCUT2D eigenvalue weighted by Gasteiger charge is 2.31. The van der Waals surface area contributed by atoms with E-state index in [-0.39, 0.29) is 5.41 Å². The monoisotopic (exact) mass is 349 g/mol. The fourth-order valence-corrected chi connectivity index (χ4v) is 4.98. The van der Waals surface area contributed by atoms with Gasteiger partial charge in [0.2, 0.25) is 10.0 Å². The third-order valence-electron chi connectivity index (χ3n) is 4.55. The number of nitriles is 1. The average molecular weight is 350 g/mol. The Morgan fingerprint density at radius 2 is 1.58 bits per heavy atom. The Bertz CT molecular complexity index is 726. The van der Waals surface area contributed by atoms with E-state index in [0.29, 0.717) is 37.6 Å². The lowest BCUT2D eigenvalue weighted by molar-refractivity contribution is 0.206. The van der Waals surface area contributed by atoms with Gasteiger partial charge in [0, 0.05) is 26.2 Å². The second-order valence-corrected chi connectivity index (χ2v) is 9.40. The molecule has 1 heterocycles. The minimum absolute atomic E-state index is 0.0132. The molecule has 2 rings (SSSR count). The van der Waals surface area contributed by atoms with Gasteiger partial charge in [-0.25, -0.2) is 8.42 Å². The van der Waals surface area contributed by atoms with Crippen molar-refractivity contribution >= 4 is 10.0 Å². The number of hydrogen-bond donors (Lipinski definition) is 0. The first-order valence-corrected chi connectivity index (χ1v) is 9.72. The molecule has 0 aliphatic carbocycles. The van der Waals surface area contributed by atoms with E-state index in [1.54, 1.807) is 4.31 Å². The molecule has 0 atom stereocenters. The van der Waals surface area contributed by atoms with Crippen LogP contribution in [0.25, 0.3) is 0 Å². The second-order valence-electron chi connectivity index (χ2n) is 7.53. The predicted octanol–water partition coefficient (Wildman–Crippen LogP) is 2.43. The van der Waals surface area contributed by atoms with Gasteiger partial charge in [-0.3, -0.25) is 4.90 Å². The van der Waals surface area contributed by atoms with Crippen LogP contribution in [0.2, 0.25) is 0 Å². The molecule has 1 fully saturated rings. The third kappa shape index (κ3) is 3.80. The third-order valence-corrected chi connectivity index (χ3v) is 6.75. The highest BCUT2D eigenvalue weighted by Crippen LogP contribution is 2.31. The van der Waals surface area contributed by atoms with E-state index < -0.39 is 10.0 Å². The van der Waals surface area contributed by atoms with Crippen LogP contribution in [0.15, 0.2) is 17.0 Å². The van der Waals surface area contributed by atoms with Crippen molar-refractivity contribution in [3.63, 3.8) is 0 Å². The van der Waals surface area contributed by atoms with E-state index >= 15 is 0 Å². The van der Waals surface area contributed by atoms with Gasteiger partial charge in [-0.1, -0.05) is 32.9 Å². The van der Waals surface area contributed by atoms with Gasteiger partial charge in [0.25, 0.3) is 0 Å². The summed E-state index contributed by atoms with van der Waals surface area (Å²) in [6, 6.07) is 6.10. The van der Waals surface area contributed by atoms with Gasteiger partial charge in [-0.15, -0.1) is 0 Å². The van der Waals surface area contributed by atoms with E-state index in [9.17, 15) is 8.42 Å². The summed E-state index contributed by atoms with van der Waals surface area (Å²) in [4.78, 5) is 2.42. The fraction of sp³-hybridized carbons (Fsp3) is 0.611. The van der Waals surface area contributed by atoms with Crippen LogP contribution in [0.1, 0.15) is 37.5 Å².